The Labute approximate surface area is 152 Å². The van der Waals surface area contributed by atoms with Crippen molar-refractivity contribution >= 4 is 11.6 Å². The molecule has 1 amide bonds. The molecule has 0 unspecified atom stereocenters. The largest absolute Gasteiger partial charge is 0.376 e. The van der Waals surface area contributed by atoms with Crippen molar-refractivity contribution in [3.8, 4) is 11.3 Å². The first-order valence-electron chi connectivity index (χ1n) is 8.93. The van der Waals surface area contributed by atoms with Gasteiger partial charge in [-0.1, -0.05) is 12.1 Å². The Kier molecular flexibility index (Phi) is 4.42. The predicted octanol–water partition coefficient (Wildman–Crippen LogP) is 2.92. The number of hydrogen-bond donors (Lipinski definition) is 1. The van der Waals surface area contributed by atoms with E-state index in [0.29, 0.717) is 17.8 Å². The Balaban J connectivity index is 1.64. The molecule has 0 radical (unpaired) electrons. The van der Waals surface area contributed by atoms with Crippen molar-refractivity contribution in [3.63, 3.8) is 0 Å². The van der Waals surface area contributed by atoms with E-state index in [-0.39, 0.29) is 12.0 Å². The van der Waals surface area contributed by atoms with Gasteiger partial charge < -0.3 is 10.1 Å². The van der Waals surface area contributed by atoms with Crippen LogP contribution in [0, 0.1) is 13.8 Å². The Morgan fingerprint density at radius 3 is 2.96 bits per heavy atom. The molecule has 3 aromatic rings. The normalized spacial score (nSPS) is 16.9. The molecule has 1 aliphatic heterocycles. The summed E-state index contributed by atoms with van der Waals surface area (Å²) >= 11 is 0. The van der Waals surface area contributed by atoms with Crippen molar-refractivity contribution in [1.29, 1.82) is 0 Å². The lowest BCUT2D eigenvalue weighted by atomic mass is 10.0. The highest BCUT2D eigenvalue weighted by atomic mass is 16.5. The molecule has 1 atom stereocenters. The predicted molar refractivity (Wildman–Crippen MR) is 99.2 cm³/mol. The van der Waals surface area contributed by atoms with Gasteiger partial charge in [0.2, 0.25) is 0 Å². The van der Waals surface area contributed by atoms with E-state index < -0.39 is 0 Å². The topological polar surface area (TPSA) is 68.5 Å². The molecule has 1 saturated heterocycles. The summed E-state index contributed by atoms with van der Waals surface area (Å²) in [6.07, 6.45) is 5.46. The van der Waals surface area contributed by atoms with Gasteiger partial charge in [-0.15, -0.1) is 0 Å². The first-order chi connectivity index (χ1) is 12.6. The number of rotatable bonds is 4. The van der Waals surface area contributed by atoms with E-state index in [2.05, 4.69) is 47.4 Å². The van der Waals surface area contributed by atoms with Crippen molar-refractivity contribution in [2.45, 2.75) is 32.8 Å². The van der Waals surface area contributed by atoms with Crippen LogP contribution in [0.1, 0.15) is 34.3 Å². The van der Waals surface area contributed by atoms with Gasteiger partial charge in [-0.25, -0.2) is 9.50 Å². The van der Waals surface area contributed by atoms with Crippen molar-refractivity contribution in [2.24, 2.45) is 0 Å². The number of ether oxygens (including phenoxy) is 1. The maximum atomic E-state index is 12.6. The van der Waals surface area contributed by atoms with E-state index in [4.69, 9.17) is 4.74 Å². The average Bonchev–Trinajstić information content (AvgIpc) is 3.31. The van der Waals surface area contributed by atoms with Crippen molar-refractivity contribution in [2.75, 3.05) is 13.2 Å². The summed E-state index contributed by atoms with van der Waals surface area (Å²) in [4.78, 5) is 16.9. The summed E-state index contributed by atoms with van der Waals surface area (Å²) in [5.41, 5.74) is 5.47. The summed E-state index contributed by atoms with van der Waals surface area (Å²) in [6, 6.07) is 8.20. The standard InChI is InChI=1S/C20H22N4O2/c1-13-5-6-15(10-14(13)2)18-7-8-21-19-17(12-23-24(18)19)20(25)22-11-16-4-3-9-26-16/h5-8,10,12,16H,3-4,9,11H2,1-2H3,(H,22,25)/t16-/m0/s1. The number of aromatic nitrogens is 3. The first kappa shape index (κ1) is 16.7. The van der Waals surface area contributed by atoms with Crippen molar-refractivity contribution in [3.05, 3.63) is 53.3 Å². The highest BCUT2D eigenvalue weighted by Gasteiger charge is 2.20. The number of hydrogen-bond acceptors (Lipinski definition) is 4. The molecule has 1 fully saturated rings. The van der Waals surface area contributed by atoms with Crippen LogP contribution in [0.25, 0.3) is 16.9 Å². The molecule has 2 aromatic heterocycles. The second-order valence-corrected chi connectivity index (χ2v) is 6.77. The Morgan fingerprint density at radius 2 is 2.19 bits per heavy atom. The molecular formula is C20H22N4O2. The number of carbonyl (C=O) groups is 1. The number of fused-ring (bicyclic) bond motifs is 1. The second-order valence-electron chi connectivity index (χ2n) is 6.77. The van der Waals surface area contributed by atoms with Crippen LogP contribution in [0.15, 0.2) is 36.7 Å². The van der Waals surface area contributed by atoms with Gasteiger partial charge in [0, 0.05) is 24.9 Å². The SMILES string of the molecule is Cc1ccc(-c2ccnc3c(C(=O)NC[C@@H]4CCCO4)cnn23)cc1C. The zero-order chi connectivity index (χ0) is 18.1. The fourth-order valence-corrected chi connectivity index (χ4v) is 3.28. The Morgan fingerprint density at radius 1 is 1.31 bits per heavy atom. The lowest BCUT2D eigenvalue weighted by molar-refractivity contribution is 0.0859. The second kappa shape index (κ2) is 6.88. The average molecular weight is 350 g/mol. The van der Waals surface area contributed by atoms with Gasteiger partial charge in [0.25, 0.3) is 5.91 Å². The highest BCUT2D eigenvalue weighted by molar-refractivity contribution is 5.99. The zero-order valence-electron chi connectivity index (χ0n) is 15.0. The molecule has 1 N–H and O–H groups in total. The quantitative estimate of drug-likeness (QED) is 0.785. The molecule has 0 bridgehead atoms. The molecular weight excluding hydrogens is 328 g/mol. The van der Waals surface area contributed by atoms with Crippen LogP contribution in [0.4, 0.5) is 0 Å². The lowest BCUT2D eigenvalue weighted by Crippen LogP contribution is -2.31. The molecule has 6 nitrogen and oxygen atoms in total. The van der Waals surface area contributed by atoms with Gasteiger partial charge in [0.1, 0.15) is 5.56 Å². The molecule has 0 spiro atoms. The minimum absolute atomic E-state index is 0.111. The molecule has 134 valence electrons. The molecule has 0 aliphatic carbocycles. The van der Waals surface area contributed by atoms with Gasteiger partial charge in [0.15, 0.2) is 5.65 Å². The summed E-state index contributed by atoms with van der Waals surface area (Å²) in [7, 11) is 0. The lowest BCUT2D eigenvalue weighted by Gasteiger charge is -2.10. The monoisotopic (exact) mass is 350 g/mol. The van der Waals surface area contributed by atoms with Crippen LogP contribution in [0.3, 0.4) is 0 Å². The number of benzene rings is 1. The third kappa shape index (κ3) is 3.08. The van der Waals surface area contributed by atoms with E-state index in [9.17, 15) is 4.79 Å². The van der Waals surface area contributed by atoms with Gasteiger partial charge in [0.05, 0.1) is 18.0 Å². The van der Waals surface area contributed by atoms with Crippen LogP contribution < -0.4 is 5.32 Å². The Hall–Kier alpha value is -2.73. The summed E-state index contributed by atoms with van der Waals surface area (Å²) < 4.78 is 7.28. The first-order valence-corrected chi connectivity index (χ1v) is 8.93. The van der Waals surface area contributed by atoms with Crippen LogP contribution in [-0.4, -0.2) is 39.8 Å². The van der Waals surface area contributed by atoms with Gasteiger partial charge >= 0.3 is 0 Å². The van der Waals surface area contributed by atoms with Gasteiger partial charge in [-0.05, 0) is 49.9 Å². The van der Waals surface area contributed by atoms with Gasteiger partial charge in [-0.3, -0.25) is 4.79 Å². The van der Waals surface area contributed by atoms with Crippen LogP contribution >= 0.6 is 0 Å². The fourth-order valence-electron chi connectivity index (χ4n) is 3.28. The summed E-state index contributed by atoms with van der Waals surface area (Å²) in [5.74, 6) is -0.166. The summed E-state index contributed by atoms with van der Waals surface area (Å²) in [6.45, 7) is 5.47. The molecule has 0 saturated carbocycles. The van der Waals surface area contributed by atoms with Crippen LogP contribution in [0.2, 0.25) is 0 Å². The molecule has 6 heteroatoms. The number of nitrogens with zero attached hydrogens (tertiary/aromatic N) is 3. The number of nitrogens with one attached hydrogen (secondary N) is 1. The smallest absolute Gasteiger partial charge is 0.256 e. The molecule has 4 rings (SSSR count). The molecule has 3 heterocycles. The van der Waals surface area contributed by atoms with Crippen molar-refractivity contribution < 1.29 is 9.53 Å². The van der Waals surface area contributed by atoms with E-state index in [1.807, 2.05) is 6.07 Å². The number of amides is 1. The van der Waals surface area contributed by atoms with E-state index in [1.165, 1.54) is 11.1 Å². The maximum Gasteiger partial charge on any atom is 0.256 e. The minimum atomic E-state index is -0.166. The molecule has 26 heavy (non-hydrogen) atoms. The third-order valence-corrected chi connectivity index (χ3v) is 4.96. The highest BCUT2D eigenvalue weighted by Crippen LogP contribution is 2.23. The van der Waals surface area contributed by atoms with E-state index in [1.54, 1.807) is 16.9 Å². The molecule has 1 aromatic carbocycles. The minimum Gasteiger partial charge on any atom is -0.376 e. The number of aryl methyl sites for hydroxylation is 2. The van der Waals surface area contributed by atoms with Crippen LogP contribution in [-0.2, 0) is 4.74 Å². The van der Waals surface area contributed by atoms with Gasteiger partial charge in [-0.2, -0.15) is 5.10 Å². The maximum absolute atomic E-state index is 12.6. The zero-order valence-corrected chi connectivity index (χ0v) is 15.0. The number of carbonyl (C=O) groups excluding carboxylic acids is 1. The van der Waals surface area contributed by atoms with Crippen molar-refractivity contribution in [1.82, 2.24) is 19.9 Å². The third-order valence-electron chi connectivity index (χ3n) is 4.96. The van der Waals surface area contributed by atoms with E-state index in [0.717, 1.165) is 30.7 Å². The Bertz CT molecular complexity index is 958. The van der Waals surface area contributed by atoms with E-state index >= 15 is 0 Å². The fraction of sp³-hybridized carbons (Fsp3) is 0.350. The van der Waals surface area contributed by atoms with Crippen LogP contribution in [0.5, 0.6) is 0 Å². The molecule has 1 aliphatic rings. The summed E-state index contributed by atoms with van der Waals surface area (Å²) in [5, 5.41) is 7.35.